The number of hydrogen-bond donors (Lipinski definition) is 1. The predicted octanol–water partition coefficient (Wildman–Crippen LogP) is 3.08. The van der Waals surface area contributed by atoms with Crippen LogP contribution in [0.5, 0.6) is 0 Å². The van der Waals surface area contributed by atoms with E-state index in [4.69, 9.17) is 0 Å². The smallest absolute Gasteiger partial charge is 0.241 e. The van der Waals surface area contributed by atoms with Crippen molar-refractivity contribution >= 4 is 5.91 Å². The molecule has 1 fully saturated rings. The fraction of sp³-hybridized carbons (Fsp3) is 0.562. The van der Waals surface area contributed by atoms with E-state index in [1.165, 1.54) is 6.07 Å². The number of carbonyl (C=O) groups excluding carboxylic acids is 1. The summed E-state index contributed by atoms with van der Waals surface area (Å²) < 4.78 is 14.0. The average molecular weight is 278 g/mol. The van der Waals surface area contributed by atoms with Crippen LogP contribution in [0.15, 0.2) is 24.3 Å². The van der Waals surface area contributed by atoms with E-state index in [1.54, 1.807) is 23.1 Å². The SMILES string of the molecule is CCC1NC(c2ccccc2F)N(CC(C)(C)C)C1=O. The first kappa shape index (κ1) is 15.0. The zero-order chi connectivity index (χ0) is 14.9. The molecular weight excluding hydrogens is 255 g/mol. The molecule has 0 aliphatic carbocycles. The summed E-state index contributed by atoms with van der Waals surface area (Å²) >= 11 is 0. The van der Waals surface area contributed by atoms with Gasteiger partial charge in [0.1, 0.15) is 12.0 Å². The molecule has 0 radical (unpaired) electrons. The third-order valence-corrected chi connectivity index (χ3v) is 3.50. The van der Waals surface area contributed by atoms with Gasteiger partial charge >= 0.3 is 0 Å². The van der Waals surface area contributed by atoms with E-state index >= 15 is 0 Å². The highest BCUT2D eigenvalue weighted by atomic mass is 19.1. The fourth-order valence-corrected chi connectivity index (χ4v) is 2.61. The lowest BCUT2D eigenvalue weighted by atomic mass is 9.95. The van der Waals surface area contributed by atoms with Gasteiger partial charge in [0, 0.05) is 12.1 Å². The number of nitrogens with zero attached hydrogens (tertiary/aromatic N) is 1. The summed E-state index contributed by atoms with van der Waals surface area (Å²) in [7, 11) is 0. The third-order valence-electron chi connectivity index (χ3n) is 3.50. The van der Waals surface area contributed by atoms with Gasteiger partial charge in [-0.2, -0.15) is 0 Å². The molecule has 1 amide bonds. The van der Waals surface area contributed by atoms with Gasteiger partial charge in [0.15, 0.2) is 0 Å². The highest BCUT2D eigenvalue weighted by Gasteiger charge is 2.40. The molecule has 0 aromatic heterocycles. The Hall–Kier alpha value is -1.42. The molecule has 1 heterocycles. The third kappa shape index (κ3) is 3.01. The van der Waals surface area contributed by atoms with Gasteiger partial charge in [-0.15, -0.1) is 0 Å². The minimum Gasteiger partial charge on any atom is -0.321 e. The van der Waals surface area contributed by atoms with Crippen molar-refractivity contribution in [3.8, 4) is 0 Å². The topological polar surface area (TPSA) is 32.3 Å². The Morgan fingerprint density at radius 2 is 1.95 bits per heavy atom. The van der Waals surface area contributed by atoms with Crippen LogP contribution < -0.4 is 5.32 Å². The van der Waals surface area contributed by atoms with Gasteiger partial charge in [-0.1, -0.05) is 45.9 Å². The number of hydrogen-bond acceptors (Lipinski definition) is 2. The molecule has 2 unspecified atom stereocenters. The second kappa shape index (κ2) is 5.52. The van der Waals surface area contributed by atoms with Crippen LogP contribution >= 0.6 is 0 Å². The van der Waals surface area contributed by atoms with Gasteiger partial charge in [-0.3, -0.25) is 10.1 Å². The fourth-order valence-electron chi connectivity index (χ4n) is 2.61. The maximum absolute atomic E-state index is 14.0. The molecule has 4 heteroatoms. The first-order chi connectivity index (χ1) is 9.33. The quantitative estimate of drug-likeness (QED) is 0.921. The molecule has 110 valence electrons. The first-order valence-corrected chi connectivity index (χ1v) is 7.14. The Kier molecular flexibility index (Phi) is 4.14. The normalized spacial score (nSPS) is 23.4. The van der Waals surface area contributed by atoms with Crippen LogP contribution in [-0.2, 0) is 4.79 Å². The van der Waals surface area contributed by atoms with Gasteiger partial charge in [-0.05, 0) is 17.9 Å². The van der Waals surface area contributed by atoms with Gasteiger partial charge in [0.05, 0.1) is 6.04 Å². The number of carbonyl (C=O) groups is 1. The number of halogens is 1. The largest absolute Gasteiger partial charge is 0.321 e. The number of benzene rings is 1. The van der Waals surface area contributed by atoms with E-state index in [-0.39, 0.29) is 29.3 Å². The number of nitrogens with one attached hydrogen (secondary N) is 1. The summed E-state index contributed by atoms with van der Waals surface area (Å²) in [5.74, 6) is -0.204. The summed E-state index contributed by atoms with van der Waals surface area (Å²) in [6.45, 7) is 8.82. The van der Waals surface area contributed by atoms with Crippen LogP contribution in [0.25, 0.3) is 0 Å². The molecule has 1 saturated heterocycles. The molecule has 3 nitrogen and oxygen atoms in total. The zero-order valence-corrected chi connectivity index (χ0v) is 12.6. The van der Waals surface area contributed by atoms with E-state index in [2.05, 4.69) is 26.1 Å². The van der Waals surface area contributed by atoms with Crippen molar-refractivity contribution < 1.29 is 9.18 Å². The molecule has 1 N–H and O–H groups in total. The molecule has 0 spiro atoms. The van der Waals surface area contributed by atoms with Crippen molar-refractivity contribution in [3.63, 3.8) is 0 Å². The van der Waals surface area contributed by atoms with E-state index < -0.39 is 0 Å². The van der Waals surface area contributed by atoms with Gasteiger partial charge in [0.25, 0.3) is 0 Å². The number of rotatable bonds is 3. The Morgan fingerprint density at radius 1 is 1.30 bits per heavy atom. The summed E-state index contributed by atoms with van der Waals surface area (Å²) in [4.78, 5) is 14.2. The van der Waals surface area contributed by atoms with Crippen molar-refractivity contribution in [3.05, 3.63) is 35.6 Å². The molecule has 0 saturated carbocycles. The maximum Gasteiger partial charge on any atom is 0.241 e. The minimum absolute atomic E-state index is 0.0243. The van der Waals surface area contributed by atoms with Crippen LogP contribution in [0.4, 0.5) is 4.39 Å². The molecule has 0 bridgehead atoms. The van der Waals surface area contributed by atoms with E-state index in [9.17, 15) is 9.18 Å². The van der Waals surface area contributed by atoms with Crippen LogP contribution in [0.2, 0.25) is 0 Å². The van der Waals surface area contributed by atoms with Crippen molar-refractivity contribution in [2.75, 3.05) is 6.54 Å². The minimum atomic E-state index is -0.368. The van der Waals surface area contributed by atoms with Gasteiger partial charge in [0.2, 0.25) is 5.91 Å². The molecular formula is C16H23FN2O. The number of amides is 1. The van der Waals surface area contributed by atoms with Gasteiger partial charge in [-0.25, -0.2) is 4.39 Å². The lowest BCUT2D eigenvalue weighted by Gasteiger charge is -2.31. The standard InChI is InChI=1S/C16H23FN2O/c1-5-13-15(20)19(10-16(2,3)4)14(18-13)11-8-6-7-9-12(11)17/h6-9,13-14,18H,5,10H2,1-4H3. The summed E-state index contributed by atoms with van der Waals surface area (Å²) in [5.41, 5.74) is 0.518. The molecule has 1 aromatic carbocycles. The molecule has 2 rings (SSSR count). The molecule has 20 heavy (non-hydrogen) atoms. The Morgan fingerprint density at radius 3 is 2.50 bits per heavy atom. The predicted molar refractivity (Wildman–Crippen MR) is 77.5 cm³/mol. The average Bonchev–Trinajstić information content (AvgIpc) is 2.66. The molecule has 1 aliphatic heterocycles. The van der Waals surface area contributed by atoms with Crippen LogP contribution in [0.1, 0.15) is 45.8 Å². The lowest BCUT2D eigenvalue weighted by Crippen LogP contribution is -2.37. The highest BCUT2D eigenvalue weighted by Crippen LogP contribution is 2.31. The monoisotopic (exact) mass is 278 g/mol. The van der Waals surface area contributed by atoms with Crippen molar-refractivity contribution in [2.24, 2.45) is 5.41 Å². The molecule has 2 atom stereocenters. The van der Waals surface area contributed by atoms with Crippen LogP contribution in [0.3, 0.4) is 0 Å². The van der Waals surface area contributed by atoms with Crippen molar-refractivity contribution in [1.82, 2.24) is 10.2 Å². The zero-order valence-electron chi connectivity index (χ0n) is 12.6. The van der Waals surface area contributed by atoms with E-state index in [0.717, 1.165) is 0 Å². The second-order valence-electron chi connectivity index (χ2n) is 6.58. The summed E-state index contributed by atoms with van der Waals surface area (Å²) in [6.07, 6.45) is 0.345. The lowest BCUT2D eigenvalue weighted by molar-refractivity contribution is -0.131. The summed E-state index contributed by atoms with van der Waals surface area (Å²) in [5, 5.41) is 3.26. The second-order valence-corrected chi connectivity index (χ2v) is 6.58. The first-order valence-electron chi connectivity index (χ1n) is 7.14. The van der Waals surface area contributed by atoms with Crippen molar-refractivity contribution in [2.45, 2.75) is 46.3 Å². The maximum atomic E-state index is 14.0. The van der Waals surface area contributed by atoms with Gasteiger partial charge < -0.3 is 4.90 Å². The summed E-state index contributed by atoms with van der Waals surface area (Å²) in [6, 6.07) is 6.44. The van der Waals surface area contributed by atoms with E-state index in [1.807, 2.05) is 6.92 Å². The van der Waals surface area contributed by atoms with Crippen LogP contribution in [0, 0.1) is 11.2 Å². The Bertz CT molecular complexity index is 495. The van der Waals surface area contributed by atoms with Crippen molar-refractivity contribution in [1.29, 1.82) is 0 Å². The van der Waals surface area contributed by atoms with Crippen LogP contribution in [-0.4, -0.2) is 23.4 Å². The highest BCUT2D eigenvalue weighted by molar-refractivity contribution is 5.84. The Labute approximate surface area is 120 Å². The Balaban J connectivity index is 2.34. The molecule has 1 aromatic rings. The van der Waals surface area contributed by atoms with E-state index in [0.29, 0.717) is 18.5 Å². The molecule has 1 aliphatic rings.